The summed E-state index contributed by atoms with van der Waals surface area (Å²) in [4.78, 5) is 0. The molecule has 0 saturated carbocycles. The van der Waals surface area contributed by atoms with Crippen molar-refractivity contribution in [3.63, 3.8) is 0 Å². The van der Waals surface area contributed by atoms with Gasteiger partial charge in [-0.15, -0.1) is 0 Å². The first-order chi connectivity index (χ1) is 7.15. The van der Waals surface area contributed by atoms with Gasteiger partial charge >= 0.3 is 0 Å². The minimum absolute atomic E-state index is 0.501. The van der Waals surface area contributed by atoms with Crippen LogP contribution in [0.3, 0.4) is 0 Å². The Morgan fingerprint density at radius 1 is 1.13 bits per heavy atom. The van der Waals surface area contributed by atoms with Crippen LogP contribution in [0.1, 0.15) is 53.9 Å². The Morgan fingerprint density at radius 3 is 2.20 bits per heavy atom. The quantitative estimate of drug-likeness (QED) is 0.637. The SMILES string of the molecule is CCCC(CC)NC(COCC)C(C)C. The zero-order chi connectivity index (χ0) is 11.7. The van der Waals surface area contributed by atoms with Gasteiger partial charge in [-0.05, 0) is 25.7 Å². The highest BCUT2D eigenvalue weighted by atomic mass is 16.5. The lowest BCUT2D eigenvalue weighted by Gasteiger charge is -2.27. The normalized spacial score (nSPS) is 15.6. The van der Waals surface area contributed by atoms with E-state index in [2.05, 4.69) is 39.9 Å². The van der Waals surface area contributed by atoms with E-state index in [1.165, 1.54) is 19.3 Å². The average Bonchev–Trinajstić information content (AvgIpc) is 2.22. The topological polar surface area (TPSA) is 21.3 Å². The highest BCUT2D eigenvalue weighted by molar-refractivity contribution is 4.75. The molecule has 0 spiro atoms. The van der Waals surface area contributed by atoms with Crippen molar-refractivity contribution >= 4 is 0 Å². The smallest absolute Gasteiger partial charge is 0.0622 e. The van der Waals surface area contributed by atoms with Crippen molar-refractivity contribution in [3.8, 4) is 0 Å². The second-order valence-electron chi connectivity index (χ2n) is 4.57. The Balaban J connectivity index is 4.00. The zero-order valence-corrected chi connectivity index (χ0v) is 11.2. The maximum atomic E-state index is 5.52. The molecule has 0 aliphatic carbocycles. The van der Waals surface area contributed by atoms with Crippen LogP contribution in [0, 0.1) is 5.92 Å². The summed E-state index contributed by atoms with van der Waals surface area (Å²) in [5.74, 6) is 0.641. The van der Waals surface area contributed by atoms with Crippen LogP contribution in [-0.4, -0.2) is 25.3 Å². The van der Waals surface area contributed by atoms with Crippen LogP contribution in [0.5, 0.6) is 0 Å². The number of hydrogen-bond acceptors (Lipinski definition) is 2. The maximum Gasteiger partial charge on any atom is 0.0622 e. The van der Waals surface area contributed by atoms with Crippen molar-refractivity contribution < 1.29 is 4.74 Å². The Morgan fingerprint density at radius 2 is 1.80 bits per heavy atom. The molecule has 92 valence electrons. The molecule has 0 fully saturated rings. The first kappa shape index (κ1) is 14.9. The van der Waals surface area contributed by atoms with E-state index in [1.807, 2.05) is 0 Å². The Kier molecular flexibility index (Phi) is 9.12. The van der Waals surface area contributed by atoms with Gasteiger partial charge in [-0.3, -0.25) is 0 Å². The third-order valence-electron chi connectivity index (χ3n) is 2.89. The van der Waals surface area contributed by atoms with E-state index in [0.717, 1.165) is 13.2 Å². The molecule has 0 rings (SSSR count). The Bertz CT molecular complexity index is 136. The Hall–Kier alpha value is -0.0800. The van der Waals surface area contributed by atoms with Crippen molar-refractivity contribution in [2.45, 2.75) is 66.0 Å². The van der Waals surface area contributed by atoms with Gasteiger partial charge in [0.05, 0.1) is 6.61 Å². The predicted molar refractivity (Wildman–Crippen MR) is 67.2 cm³/mol. The van der Waals surface area contributed by atoms with Gasteiger partial charge in [0.1, 0.15) is 0 Å². The van der Waals surface area contributed by atoms with Gasteiger partial charge in [0, 0.05) is 18.7 Å². The third-order valence-corrected chi connectivity index (χ3v) is 2.89. The molecule has 0 amide bonds. The summed E-state index contributed by atoms with van der Waals surface area (Å²) >= 11 is 0. The van der Waals surface area contributed by atoms with Gasteiger partial charge in [0.25, 0.3) is 0 Å². The van der Waals surface area contributed by atoms with Crippen molar-refractivity contribution in [1.29, 1.82) is 0 Å². The van der Waals surface area contributed by atoms with Crippen LogP contribution in [0.25, 0.3) is 0 Å². The molecule has 2 atom stereocenters. The van der Waals surface area contributed by atoms with E-state index in [1.54, 1.807) is 0 Å². The third kappa shape index (κ3) is 6.91. The molecule has 2 heteroatoms. The predicted octanol–water partition coefficient (Wildman–Crippen LogP) is 3.22. The summed E-state index contributed by atoms with van der Waals surface area (Å²) in [6, 6.07) is 1.16. The second kappa shape index (κ2) is 9.17. The van der Waals surface area contributed by atoms with Crippen molar-refractivity contribution in [1.82, 2.24) is 5.32 Å². The molecule has 0 aliphatic rings. The lowest BCUT2D eigenvalue weighted by molar-refractivity contribution is 0.102. The first-order valence-corrected chi connectivity index (χ1v) is 6.49. The van der Waals surface area contributed by atoms with Crippen molar-refractivity contribution in [2.24, 2.45) is 5.92 Å². The van der Waals surface area contributed by atoms with E-state index in [4.69, 9.17) is 4.74 Å². The summed E-state index contributed by atoms with van der Waals surface area (Å²) in [6.07, 6.45) is 3.74. The Labute approximate surface area is 95.8 Å². The fourth-order valence-electron chi connectivity index (χ4n) is 1.73. The highest BCUT2D eigenvalue weighted by Crippen LogP contribution is 2.08. The number of rotatable bonds is 9. The molecule has 15 heavy (non-hydrogen) atoms. The minimum Gasteiger partial charge on any atom is -0.380 e. The monoisotopic (exact) mass is 215 g/mol. The van der Waals surface area contributed by atoms with Crippen LogP contribution >= 0.6 is 0 Å². The first-order valence-electron chi connectivity index (χ1n) is 6.49. The lowest BCUT2D eigenvalue weighted by Crippen LogP contribution is -2.44. The molecule has 0 aromatic carbocycles. The molecular weight excluding hydrogens is 186 g/mol. The molecule has 0 aromatic heterocycles. The lowest BCUT2D eigenvalue weighted by atomic mass is 10.0. The molecule has 0 radical (unpaired) electrons. The van der Waals surface area contributed by atoms with Gasteiger partial charge in [-0.1, -0.05) is 34.1 Å². The van der Waals surface area contributed by atoms with E-state index in [-0.39, 0.29) is 0 Å². The molecule has 0 saturated heterocycles. The average molecular weight is 215 g/mol. The van der Waals surface area contributed by atoms with Gasteiger partial charge < -0.3 is 10.1 Å². The van der Waals surface area contributed by atoms with Gasteiger partial charge in [0.15, 0.2) is 0 Å². The highest BCUT2D eigenvalue weighted by Gasteiger charge is 2.16. The summed E-state index contributed by atoms with van der Waals surface area (Å²) in [6.45, 7) is 12.7. The van der Waals surface area contributed by atoms with Crippen LogP contribution in [0.4, 0.5) is 0 Å². The van der Waals surface area contributed by atoms with Crippen LogP contribution in [-0.2, 0) is 4.74 Å². The van der Waals surface area contributed by atoms with Crippen molar-refractivity contribution in [3.05, 3.63) is 0 Å². The van der Waals surface area contributed by atoms with Crippen LogP contribution < -0.4 is 5.32 Å². The largest absolute Gasteiger partial charge is 0.380 e. The van der Waals surface area contributed by atoms with E-state index in [9.17, 15) is 0 Å². The molecular formula is C13H29NO. The van der Waals surface area contributed by atoms with Gasteiger partial charge in [-0.25, -0.2) is 0 Å². The minimum atomic E-state index is 0.501. The number of nitrogens with one attached hydrogen (secondary N) is 1. The molecule has 0 bridgehead atoms. The van der Waals surface area contributed by atoms with E-state index >= 15 is 0 Å². The summed E-state index contributed by atoms with van der Waals surface area (Å²) in [7, 11) is 0. The molecule has 2 nitrogen and oxygen atoms in total. The summed E-state index contributed by atoms with van der Waals surface area (Å²) in [5, 5.41) is 3.71. The maximum absolute atomic E-state index is 5.52. The molecule has 1 N–H and O–H groups in total. The molecule has 0 aromatic rings. The van der Waals surface area contributed by atoms with E-state index in [0.29, 0.717) is 18.0 Å². The fourth-order valence-corrected chi connectivity index (χ4v) is 1.73. The van der Waals surface area contributed by atoms with Gasteiger partial charge in [-0.2, -0.15) is 0 Å². The van der Waals surface area contributed by atoms with Crippen LogP contribution in [0.15, 0.2) is 0 Å². The fraction of sp³-hybridized carbons (Fsp3) is 1.00. The summed E-state index contributed by atoms with van der Waals surface area (Å²) < 4.78 is 5.52. The molecule has 0 aliphatic heterocycles. The van der Waals surface area contributed by atoms with Gasteiger partial charge in [0.2, 0.25) is 0 Å². The standard InChI is InChI=1S/C13H29NO/c1-6-9-12(7-2)14-13(11(4)5)10-15-8-3/h11-14H,6-10H2,1-5H3. The number of ether oxygens (including phenoxy) is 1. The molecule has 2 unspecified atom stereocenters. The van der Waals surface area contributed by atoms with Crippen LogP contribution in [0.2, 0.25) is 0 Å². The van der Waals surface area contributed by atoms with Crippen molar-refractivity contribution in [2.75, 3.05) is 13.2 Å². The number of hydrogen-bond donors (Lipinski definition) is 1. The summed E-state index contributed by atoms with van der Waals surface area (Å²) in [5.41, 5.74) is 0. The zero-order valence-electron chi connectivity index (χ0n) is 11.2. The molecule has 0 heterocycles. The second-order valence-corrected chi connectivity index (χ2v) is 4.57. The van der Waals surface area contributed by atoms with E-state index < -0.39 is 0 Å².